The normalized spacial score (nSPS) is 28.3. The average Bonchev–Trinajstić information content (AvgIpc) is 2.64. The number of aliphatic hydroxyl groups is 1. The predicted molar refractivity (Wildman–Crippen MR) is 66.5 cm³/mol. The van der Waals surface area contributed by atoms with Crippen LogP contribution in [0, 0.1) is 5.92 Å². The highest BCUT2D eigenvalue weighted by Gasteiger charge is 2.29. The van der Waals surface area contributed by atoms with Crippen LogP contribution in [0.2, 0.25) is 0 Å². The second-order valence-corrected chi connectivity index (χ2v) is 5.72. The lowest BCUT2D eigenvalue weighted by atomic mass is 9.97. The Balaban J connectivity index is 2.36. The maximum absolute atomic E-state index is 9.26. The van der Waals surface area contributed by atoms with E-state index in [0.717, 1.165) is 12.8 Å². The predicted octanol–water partition coefficient (Wildman–Crippen LogP) is 1.94. The minimum atomic E-state index is -0.0697. The molecule has 0 radical (unpaired) electrons. The minimum absolute atomic E-state index is 0.0697. The van der Waals surface area contributed by atoms with Crippen LogP contribution in [0.15, 0.2) is 0 Å². The van der Waals surface area contributed by atoms with Gasteiger partial charge in [-0.3, -0.25) is 0 Å². The Morgan fingerprint density at radius 3 is 2.69 bits per heavy atom. The molecule has 0 spiro atoms. The fourth-order valence-electron chi connectivity index (χ4n) is 2.72. The Morgan fingerprint density at radius 1 is 1.44 bits per heavy atom. The van der Waals surface area contributed by atoms with E-state index >= 15 is 0 Å². The third kappa shape index (κ3) is 4.04. The molecular weight excluding hydrogens is 202 g/mol. The zero-order chi connectivity index (χ0) is 12.2. The summed E-state index contributed by atoms with van der Waals surface area (Å²) in [5, 5.41) is 12.9. The maximum Gasteiger partial charge on any atom is 0.0637 e. The van der Waals surface area contributed by atoms with Gasteiger partial charge in [0.05, 0.1) is 5.60 Å². The quantitative estimate of drug-likeness (QED) is 0.731. The SMILES string of the molecule is COC(C)(C)CC(C)NC1CCCC1CO. The van der Waals surface area contributed by atoms with Gasteiger partial charge in [0, 0.05) is 25.8 Å². The summed E-state index contributed by atoms with van der Waals surface area (Å²) in [7, 11) is 1.76. The Hall–Kier alpha value is -0.120. The number of rotatable bonds is 6. The second kappa shape index (κ2) is 5.99. The largest absolute Gasteiger partial charge is 0.396 e. The summed E-state index contributed by atoms with van der Waals surface area (Å²) < 4.78 is 5.44. The van der Waals surface area contributed by atoms with Crippen molar-refractivity contribution in [3.8, 4) is 0 Å². The Labute approximate surface area is 99.6 Å². The summed E-state index contributed by atoms with van der Waals surface area (Å²) >= 11 is 0. The van der Waals surface area contributed by atoms with Crippen molar-refractivity contribution in [1.82, 2.24) is 5.32 Å². The highest BCUT2D eigenvalue weighted by Crippen LogP contribution is 2.26. The van der Waals surface area contributed by atoms with E-state index in [1.165, 1.54) is 12.8 Å². The molecule has 1 rings (SSSR count). The number of ether oxygens (including phenoxy) is 1. The van der Waals surface area contributed by atoms with Crippen molar-refractivity contribution in [1.29, 1.82) is 0 Å². The van der Waals surface area contributed by atoms with Crippen molar-refractivity contribution in [2.24, 2.45) is 5.92 Å². The van der Waals surface area contributed by atoms with E-state index in [0.29, 0.717) is 24.6 Å². The molecule has 0 saturated heterocycles. The van der Waals surface area contributed by atoms with Crippen LogP contribution in [0.5, 0.6) is 0 Å². The Kier molecular flexibility index (Phi) is 5.22. The van der Waals surface area contributed by atoms with Gasteiger partial charge in [-0.05, 0) is 46.0 Å². The molecule has 2 N–H and O–H groups in total. The van der Waals surface area contributed by atoms with Gasteiger partial charge in [-0.15, -0.1) is 0 Å². The lowest BCUT2D eigenvalue weighted by Gasteiger charge is -2.30. The standard InChI is InChI=1S/C13H27NO2/c1-10(8-13(2,3)16-4)14-12-7-5-6-11(12)9-15/h10-12,14-15H,5-9H2,1-4H3. The minimum Gasteiger partial charge on any atom is -0.396 e. The number of nitrogens with one attached hydrogen (secondary N) is 1. The molecule has 3 nitrogen and oxygen atoms in total. The average molecular weight is 229 g/mol. The van der Waals surface area contributed by atoms with Gasteiger partial charge in [0.15, 0.2) is 0 Å². The fraction of sp³-hybridized carbons (Fsp3) is 1.00. The van der Waals surface area contributed by atoms with Gasteiger partial charge in [0.1, 0.15) is 0 Å². The van der Waals surface area contributed by atoms with Gasteiger partial charge in [0.2, 0.25) is 0 Å². The van der Waals surface area contributed by atoms with Crippen LogP contribution >= 0.6 is 0 Å². The van der Waals surface area contributed by atoms with E-state index in [1.54, 1.807) is 7.11 Å². The molecule has 96 valence electrons. The summed E-state index contributed by atoms with van der Waals surface area (Å²) in [6.45, 7) is 6.75. The monoisotopic (exact) mass is 229 g/mol. The lowest BCUT2D eigenvalue weighted by molar-refractivity contribution is 0.00699. The summed E-state index contributed by atoms with van der Waals surface area (Å²) in [5.41, 5.74) is -0.0697. The van der Waals surface area contributed by atoms with Gasteiger partial charge in [-0.25, -0.2) is 0 Å². The van der Waals surface area contributed by atoms with Gasteiger partial charge in [-0.1, -0.05) is 6.42 Å². The van der Waals surface area contributed by atoms with Gasteiger partial charge in [0.25, 0.3) is 0 Å². The molecule has 16 heavy (non-hydrogen) atoms. The highest BCUT2D eigenvalue weighted by molar-refractivity contribution is 4.86. The van der Waals surface area contributed by atoms with Crippen LogP contribution in [-0.4, -0.2) is 36.5 Å². The third-order valence-corrected chi connectivity index (χ3v) is 3.74. The Bertz CT molecular complexity index is 206. The number of methoxy groups -OCH3 is 1. The molecular formula is C13H27NO2. The summed E-state index contributed by atoms with van der Waals surface area (Å²) in [5.74, 6) is 0.452. The van der Waals surface area contributed by atoms with E-state index in [4.69, 9.17) is 4.74 Å². The smallest absolute Gasteiger partial charge is 0.0637 e. The molecule has 0 aromatic rings. The molecule has 3 atom stereocenters. The van der Waals surface area contributed by atoms with Crippen molar-refractivity contribution >= 4 is 0 Å². The maximum atomic E-state index is 9.26. The van der Waals surface area contributed by atoms with Crippen LogP contribution in [0.3, 0.4) is 0 Å². The topological polar surface area (TPSA) is 41.5 Å². The van der Waals surface area contributed by atoms with E-state index in [2.05, 4.69) is 26.1 Å². The van der Waals surface area contributed by atoms with E-state index < -0.39 is 0 Å². The molecule has 0 heterocycles. The molecule has 0 aromatic heterocycles. The first-order chi connectivity index (χ1) is 7.48. The molecule has 1 saturated carbocycles. The number of hydrogen-bond donors (Lipinski definition) is 2. The first-order valence-electron chi connectivity index (χ1n) is 6.40. The zero-order valence-electron chi connectivity index (χ0n) is 11.1. The first-order valence-corrected chi connectivity index (χ1v) is 6.40. The molecule has 3 unspecified atom stereocenters. The van der Waals surface area contributed by atoms with Crippen molar-refractivity contribution in [3.63, 3.8) is 0 Å². The molecule has 1 aliphatic rings. The summed E-state index contributed by atoms with van der Waals surface area (Å²) in [4.78, 5) is 0. The molecule has 1 aliphatic carbocycles. The summed E-state index contributed by atoms with van der Waals surface area (Å²) in [6, 6.07) is 0.930. The van der Waals surface area contributed by atoms with E-state index in [-0.39, 0.29) is 5.60 Å². The Morgan fingerprint density at radius 2 is 2.12 bits per heavy atom. The zero-order valence-corrected chi connectivity index (χ0v) is 11.1. The van der Waals surface area contributed by atoms with Crippen LogP contribution in [0.4, 0.5) is 0 Å². The third-order valence-electron chi connectivity index (χ3n) is 3.74. The first kappa shape index (κ1) is 13.9. The van der Waals surface area contributed by atoms with Gasteiger partial charge >= 0.3 is 0 Å². The lowest BCUT2D eigenvalue weighted by Crippen LogP contribution is -2.43. The van der Waals surface area contributed by atoms with Crippen LogP contribution < -0.4 is 5.32 Å². The summed E-state index contributed by atoms with van der Waals surface area (Å²) in [6.07, 6.45) is 4.60. The highest BCUT2D eigenvalue weighted by atomic mass is 16.5. The van der Waals surface area contributed by atoms with Crippen molar-refractivity contribution < 1.29 is 9.84 Å². The molecule has 1 fully saturated rings. The molecule has 0 amide bonds. The molecule has 0 aliphatic heterocycles. The van der Waals surface area contributed by atoms with E-state index in [1.807, 2.05) is 0 Å². The van der Waals surface area contributed by atoms with Crippen LogP contribution in [0.1, 0.15) is 46.5 Å². The molecule has 0 aromatic carbocycles. The number of aliphatic hydroxyl groups excluding tert-OH is 1. The number of hydrogen-bond acceptors (Lipinski definition) is 3. The van der Waals surface area contributed by atoms with E-state index in [9.17, 15) is 5.11 Å². The van der Waals surface area contributed by atoms with Crippen LogP contribution in [0.25, 0.3) is 0 Å². The second-order valence-electron chi connectivity index (χ2n) is 5.72. The van der Waals surface area contributed by atoms with Crippen LogP contribution in [-0.2, 0) is 4.74 Å². The van der Waals surface area contributed by atoms with Crippen molar-refractivity contribution in [2.45, 2.75) is 64.1 Å². The fourth-order valence-corrected chi connectivity index (χ4v) is 2.72. The molecule has 0 bridgehead atoms. The van der Waals surface area contributed by atoms with Crippen molar-refractivity contribution in [3.05, 3.63) is 0 Å². The molecule has 3 heteroatoms. The van der Waals surface area contributed by atoms with Gasteiger partial charge < -0.3 is 15.2 Å². The van der Waals surface area contributed by atoms with Crippen molar-refractivity contribution in [2.75, 3.05) is 13.7 Å². The van der Waals surface area contributed by atoms with Gasteiger partial charge in [-0.2, -0.15) is 0 Å².